The summed E-state index contributed by atoms with van der Waals surface area (Å²) in [6, 6.07) is 4.10. The van der Waals surface area contributed by atoms with Crippen LogP contribution < -0.4 is 0 Å². The molecule has 0 N–H and O–H groups in total. The fourth-order valence-corrected chi connectivity index (χ4v) is 6.39. The lowest BCUT2D eigenvalue weighted by molar-refractivity contribution is 0.0626. The summed E-state index contributed by atoms with van der Waals surface area (Å²) in [6.45, 7) is 8.58. The Morgan fingerprint density at radius 1 is 0.828 bits per heavy atom. The molecule has 0 bridgehead atoms. The molecule has 156 valence electrons. The highest BCUT2D eigenvalue weighted by Crippen LogP contribution is 2.37. The highest BCUT2D eigenvalue weighted by Gasteiger charge is 2.30. The molecule has 1 amide bonds. The molecule has 2 aliphatic heterocycles. The van der Waals surface area contributed by atoms with Crippen molar-refractivity contribution in [1.82, 2.24) is 19.3 Å². The zero-order chi connectivity index (χ0) is 19.6. The van der Waals surface area contributed by atoms with Crippen molar-refractivity contribution in [3.8, 4) is 5.00 Å². The van der Waals surface area contributed by atoms with Gasteiger partial charge < -0.3 is 14.4 Å². The summed E-state index contributed by atoms with van der Waals surface area (Å²) >= 11 is 1.83. The lowest BCUT2D eigenvalue weighted by Crippen LogP contribution is -2.50. The zero-order valence-electron chi connectivity index (χ0n) is 17.3. The van der Waals surface area contributed by atoms with Crippen molar-refractivity contribution in [1.29, 1.82) is 0 Å². The van der Waals surface area contributed by atoms with Crippen molar-refractivity contribution in [2.75, 3.05) is 52.4 Å². The van der Waals surface area contributed by atoms with E-state index in [4.69, 9.17) is 0 Å². The highest BCUT2D eigenvalue weighted by atomic mass is 32.1. The number of carbonyl (C=O) groups is 1. The Bertz CT molecular complexity index is 829. The maximum Gasteiger partial charge on any atom is 0.257 e. The maximum atomic E-state index is 13.6. The lowest BCUT2D eigenvalue weighted by atomic mass is 9.95. The standard InChI is InChI=1S/C23H32N4OS/c28-22(26-17-15-25(16-18-26)14-13-24-9-3-4-10-24)21-19-7-1-2-8-20(19)29-23(21)27-11-5-6-12-27/h5-6,11-12H,1-4,7-10,13-18H2. The highest BCUT2D eigenvalue weighted by molar-refractivity contribution is 7.15. The van der Waals surface area contributed by atoms with E-state index in [0.29, 0.717) is 0 Å². The summed E-state index contributed by atoms with van der Waals surface area (Å²) in [4.78, 5) is 22.3. The second-order valence-electron chi connectivity index (χ2n) is 8.66. The predicted octanol–water partition coefficient (Wildman–Crippen LogP) is 3.27. The van der Waals surface area contributed by atoms with Gasteiger partial charge in [0.25, 0.3) is 5.91 Å². The summed E-state index contributed by atoms with van der Waals surface area (Å²) in [5, 5.41) is 1.13. The van der Waals surface area contributed by atoms with Crippen LogP contribution in [0.3, 0.4) is 0 Å². The maximum absolute atomic E-state index is 13.6. The van der Waals surface area contributed by atoms with E-state index >= 15 is 0 Å². The molecule has 0 unspecified atom stereocenters. The van der Waals surface area contributed by atoms with Gasteiger partial charge in [-0.15, -0.1) is 11.3 Å². The summed E-state index contributed by atoms with van der Waals surface area (Å²) in [5.74, 6) is 0.257. The Hall–Kier alpha value is -1.63. The number of hydrogen-bond donors (Lipinski definition) is 0. The summed E-state index contributed by atoms with van der Waals surface area (Å²) < 4.78 is 2.14. The van der Waals surface area contributed by atoms with Gasteiger partial charge in [0.1, 0.15) is 5.00 Å². The fourth-order valence-electron chi connectivity index (χ4n) is 5.05. The Labute approximate surface area is 177 Å². The molecule has 5 rings (SSSR count). The van der Waals surface area contributed by atoms with Gasteiger partial charge in [-0.05, 0) is 69.3 Å². The van der Waals surface area contributed by atoms with Crippen molar-refractivity contribution in [3.63, 3.8) is 0 Å². The number of amides is 1. The molecule has 2 fully saturated rings. The minimum Gasteiger partial charge on any atom is -0.336 e. The number of likely N-dealkylation sites (tertiary alicyclic amines) is 1. The van der Waals surface area contributed by atoms with Crippen LogP contribution in [0, 0.1) is 0 Å². The van der Waals surface area contributed by atoms with E-state index in [9.17, 15) is 4.79 Å². The molecule has 0 radical (unpaired) electrons. The Morgan fingerprint density at radius 2 is 1.48 bits per heavy atom. The van der Waals surface area contributed by atoms with Crippen LogP contribution in [-0.4, -0.2) is 77.5 Å². The van der Waals surface area contributed by atoms with Crippen molar-refractivity contribution in [2.45, 2.75) is 38.5 Å². The molecular formula is C23H32N4OS. The summed E-state index contributed by atoms with van der Waals surface area (Å²) in [6.07, 6.45) is 11.5. The van der Waals surface area contributed by atoms with Crippen molar-refractivity contribution in [3.05, 3.63) is 40.5 Å². The van der Waals surface area contributed by atoms with E-state index in [1.807, 2.05) is 23.5 Å². The average Bonchev–Trinajstić information content (AvgIpc) is 3.52. The van der Waals surface area contributed by atoms with Gasteiger partial charge in [0, 0.05) is 56.5 Å². The first kappa shape index (κ1) is 19.3. The van der Waals surface area contributed by atoms with Crippen LogP contribution in [0.1, 0.15) is 46.5 Å². The van der Waals surface area contributed by atoms with Gasteiger partial charge >= 0.3 is 0 Å². The van der Waals surface area contributed by atoms with Crippen molar-refractivity contribution >= 4 is 17.2 Å². The van der Waals surface area contributed by atoms with E-state index < -0.39 is 0 Å². The second kappa shape index (κ2) is 8.62. The van der Waals surface area contributed by atoms with Crippen LogP contribution in [0.5, 0.6) is 0 Å². The van der Waals surface area contributed by atoms with Crippen molar-refractivity contribution < 1.29 is 4.79 Å². The third-order valence-electron chi connectivity index (χ3n) is 6.80. The number of fused-ring (bicyclic) bond motifs is 1. The first-order chi connectivity index (χ1) is 14.3. The average molecular weight is 413 g/mol. The smallest absolute Gasteiger partial charge is 0.257 e. The molecule has 4 heterocycles. The minimum atomic E-state index is 0.257. The number of nitrogens with zero attached hydrogens (tertiary/aromatic N) is 4. The topological polar surface area (TPSA) is 31.7 Å². The van der Waals surface area contributed by atoms with Gasteiger partial charge in [-0.3, -0.25) is 9.69 Å². The third kappa shape index (κ3) is 4.03. The van der Waals surface area contributed by atoms with Crippen LogP contribution >= 0.6 is 11.3 Å². The number of piperazine rings is 1. The van der Waals surface area contributed by atoms with E-state index in [-0.39, 0.29) is 5.91 Å². The van der Waals surface area contributed by atoms with Crippen LogP contribution in [0.25, 0.3) is 5.00 Å². The monoisotopic (exact) mass is 412 g/mol. The van der Waals surface area contributed by atoms with Gasteiger partial charge in [-0.1, -0.05) is 0 Å². The summed E-state index contributed by atoms with van der Waals surface area (Å²) in [5.41, 5.74) is 2.33. The molecule has 2 saturated heterocycles. The first-order valence-corrected chi connectivity index (χ1v) is 12.1. The van der Waals surface area contributed by atoms with E-state index in [0.717, 1.165) is 56.1 Å². The number of aryl methyl sites for hydroxylation is 1. The quantitative estimate of drug-likeness (QED) is 0.755. The van der Waals surface area contributed by atoms with E-state index in [2.05, 4.69) is 31.7 Å². The Morgan fingerprint density at radius 3 is 2.21 bits per heavy atom. The van der Waals surface area contributed by atoms with Crippen LogP contribution in [-0.2, 0) is 12.8 Å². The number of aromatic nitrogens is 1. The molecular weight excluding hydrogens is 380 g/mol. The molecule has 29 heavy (non-hydrogen) atoms. The zero-order valence-corrected chi connectivity index (χ0v) is 18.1. The molecule has 2 aromatic rings. The number of hydrogen-bond acceptors (Lipinski definition) is 4. The van der Waals surface area contributed by atoms with Crippen molar-refractivity contribution in [2.24, 2.45) is 0 Å². The van der Waals surface area contributed by atoms with Crippen LogP contribution in [0.2, 0.25) is 0 Å². The number of rotatable bonds is 5. The van der Waals surface area contributed by atoms with E-state index in [1.165, 1.54) is 55.8 Å². The molecule has 6 heteroatoms. The molecule has 0 aromatic carbocycles. The molecule has 5 nitrogen and oxygen atoms in total. The van der Waals surface area contributed by atoms with Crippen LogP contribution in [0.4, 0.5) is 0 Å². The number of carbonyl (C=O) groups excluding carboxylic acids is 1. The first-order valence-electron chi connectivity index (χ1n) is 11.3. The molecule has 0 saturated carbocycles. The molecule has 2 aromatic heterocycles. The van der Waals surface area contributed by atoms with Gasteiger partial charge in [0.15, 0.2) is 0 Å². The molecule has 0 atom stereocenters. The largest absolute Gasteiger partial charge is 0.336 e. The Kier molecular flexibility index (Phi) is 5.75. The minimum absolute atomic E-state index is 0.257. The fraction of sp³-hybridized carbons (Fsp3) is 0.609. The predicted molar refractivity (Wildman–Crippen MR) is 118 cm³/mol. The Balaban J connectivity index is 1.28. The van der Waals surface area contributed by atoms with Gasteiger partial charge in [0.2, 0.25) is 0 Å². The second-order valence-corrected chi connectivity index (χ2v) is 9.75. The third-order valence-corrected chi connectivity index (χ3v) is 8.10. The molecule has 0 spiro atoms. The van der Waals surface area contributed by atoms with Gasteiger partial charge in [-0.25, -0.2) is 0 Å². The van der Waals surface area contributed by atoms with Gasteiger partial charge in [0.05, 0.1) is 5.56 Å². The van der Waals surface area contributed by atoms with E-state index in [1.54, 1.807) is 0 Å². The SMILES string of the molecule is O=C(c1c(-n2cccc2)sc2c1CCCC2)N1CCN(CCN2CCCC2)CC1. The van der Waals surface area contributed by atoms with Gasteiger partial charge in [-0.2, -0.15) is 0 Å². The summed E-state index contributed by atoms with van der Waals surface area (Å²) in [7, 11) is 0. The van der Waals surface area contributed by atoms with Crippen LogP contribution in [0.15, 0.2) is 24.5 Å². The number of thiophene rings is 1. The molecule has 1 aliphatic carbocycles. The lowest BCUT2D eigenvalue weighted by Gasteiger charge is -2.35. The normalized spacial score (nSPS) is 20.9. The molecule has 3 aliphatic rings.